The molecule has 0 unspecified atom stereocenters. The summed E-state index contributed by atoms with van der Waals surface area (Å²) in [7, 11) is -3.44. The Morgan fingerprint density at radius 1 is 1.07 bits per heavy atom. The van der Waals surface area contributed by atoms with Crippen LogP contribution in [0, 0.1) is 6.92 Å². The molecule has 3 rings (SSSR count). The van der Waals surface area contributed by atoms with Crippen LogP contribution in [0.25, 0.3) is 6.08 Å². The summed E-state index contributed by atoms with van der Waals surface area (Å²) in [5.74, 6) is 0.741. The molecular formula is C22H28N2O4S. The fourth-order valence-electron chi connectivity index (χ4n) is 3.23. The highest BCUT2D eigenvalue weighted by atomic mass is 32.2. The Morgan fingerprint density at radius 2 is 1.79 bits per heavy atom. The minimum absolute atomic E-state index is 0.210. The van der Waals surface area contributed by atoms with E-state index in [0.29, 0.717) is 32.7 Å². The van der Waals surface area contributed by atoms with Gasteiger partial charge in [0.15, 0.2) is 0 Å². The second-order valence-corrected chi connectivity index (χ2v) is 9.06. The molecule has 0 aliphatic carbocycles. The average molecular weight is 417 g/mol. The van der Waals surface area contributed by atoms with E-state index in [1.807, 2.05) is 61.5 Å². The molecule has 2 aromatic carbocycles. The molecule has 0 radical (unpaired) electrons. The molecule has 1 fully saturated rings. The molecule has 0 bridgehead atoms. The van der Waals surface area contributed by atoms with E-state index >= 15 is 0 Å². The van der Waals surface area contributed by atoms with Gasteiger partial charge in [0.1, 0.15) is 18.5 Å². The first kappa shape index (κ1) is 21.5. The Morgan fingerprint density at radius 3 is 2.48 bits per heavy atom. The van der Waals surface area contributed by atoms with Crippen molar-refractivity contribution in [1.82, 2.24) is 9.21 Å². The maximum absolute atomic E-state index is 12.5. The predicted octanol–water partition coefficient (Wildman–Crippen LogP) is 2.35. The molecule has 1 atom stereocenters. The molecule has 29 heavy (non-hydrogen) atoms. The van der Waals surface area contributed by atoms with Crippen LogP contribution < -0.4 is 4.74 Å². The number of sulfonamides is 1. The molecule has 1 heterocycles. The summed E-state index contributed by atoms with van der Waals surface area (Å²) >= 11 is 0. The minimum Gasteiger partial charge on any atom is -0.491 e. The quantitative estimate of drug-likeness (QED) is 0.715. The van der Waals surface area contributed by atoms with E-state index in [4.69, 9.17) is 4.74 Å². The minimum atomic E-state index is -3.44. The molecule has 2 aromatic rings. The third kappa shape index (κ3) is 6.68. The Bertz CT molecular complexity index is 907. The SMILES string of the molecule is Cc1cccc(OC[C@H](O)CN2CCN(S(=O)(=O)/C=C\c3ccccc3)CC2)c1. The molecule has 1 aliphatic heterocycles. The van der Waals surface area contributed by atoms with E-state index in [9.17, 15) is 13.5 Å². The van der Waals surface area contributed by atoms with Crippen molar-refractivity contribution in [1.29, 1.82) is 0 Å². The van der Waals surface area contributed by atoms with Crippen molar-refractivity contribution >= 4 is 16.1 Å². The van der Waals surface area contributed by atoms with E-state index in [1.54, 1.807) is 6.08 Å². The van der Waals surface area contributed by atoms with Gasteiger partial charge in [-0.05, 0) is 36.3 Å². The van der Waals surface area contributed by atoms with Crippen molar-refractivity contribution < 1.29 is 18.3 Å². The lowest BCUT2D eigenvalue weighted by atomic mass is 10.2. The van der Waals surface area contributed by atoms with E-state index in [0.717, 1.165) is 16.9 Å². The van der Waals surface area contributed by atoms with Crippen LogP contribution in [0.15, 0.2) is 60.0 Å². The van der Waals surface area contributed by atoms with Gasteiger partial charge in [0.2, 0.25) is 10.0 Å². The van der Waals surface area contributed by atoms with Gasteiger partial charge in [0, 0.05) is 38.1 Å². The second kappa shape index (κ2) is 10.0. The zero-order valence-corrected chi connectivity index (χ0v) is 17.5. The van der Waals surface area contributed by atoms with Crippen LogP contribution in [0.1, 0.15) is 11.1 Å². The normalized spacial score (nSPS) is 17.4. The van der Waals surface area contributed by atoms with Crippen molar-refractivity contribution in [3.63, 3.8) is 0 Å². The number of nitrogens with zero attached hydrogens (tertiary/aromatic N) is 2. The lowest BCUT2D eigenvalue weighted by molar-refractivity contribution is 0.0570. The van der Waals surface area contributed by atoms with Crippen molar-refractivity contribution in [2.75, 3.05) is 39.3 Å². The summed E-state index contributed by atoms with van der Waals surface area (Å²) < 4.78 is 32.2. The molecule has 0 spiro atoms. The number of β-amino-alcohol motifs (C(OH)–C–C–N with tert-alkyl or cyclic N) is 1. The van der Waals surface area contributed by atoms with Gasteiger partial charge in [-0.3, -0.25) is 4.90 Å². The van der Waals surface area contributed by atoms with Crippen molar-refractivity contribution in [3.8, 4) is 5.75 Å². The number of ether oxygens (including phenoxy) is 1. The first-order valence-electron chi connectivity index (χ1n) is 9.75. The predicted molar refractivity (Wildman–Crippen MR) is 115 cm³/mol. The maximum Gasteiger partial charge on any atom is 0.236 e. The van der Waals surface area contributed by atoms with Gasteiger partial charge in [-0.15, -0.1) is 0 Å². The lowest BCUT2D eigenvalue weighted by Crippen LogP contribution is -2.50. The Labute approximate surface area is 173 Å². The molecule has 0 aromatic heterocycles. The van der Waals surface area contributed by atoms with Gasteiger partial charge in [-0.25, -0.2) is 8.42 Å². The van der Waals surface area contributed by atoms with E-state index in [1.165, 1.54) is 9.71 Å². The summed E-state index contributed by atoms with van der Waals surface area (Å²) in [4.78, 5) is 2.07. The molecule has 1 aliphatic rings. The first-order chi connectivity index (χ1) is 13.9. The molecule has 0 saturated carbocycles. The van der Waals surface area contributed by atoms with Gasteiger partial charge >= 0.3 is 0 Å². The summed E-state index contributed by atoms with van der Waals surface area (Å²) in [5, 5.41) is 11.5. The van der Waals surface area contributed by atoms with Crippen LogP contribution >= 0.6 is 0 Å². The molecular weight excluding hydrogens is 388 g/mol. The molecule has 0 amide bonds. The Hall–Kier alpha value is -2.19. The summed E-state index contributed by atoms with van der Waals surface area (Å²) in [6, 6.07) is 17.1. The number of aliphatic hydroxyl groups is 1. The van der Waals surface area contributed by atoms with Crippen LogP contribution in [0.3, 0.4) is 0 Å². The zero-order chi connectivity index (χ0) is 20.7. The molecule has 156 valence electrons. The van der Waals surface area contributed by atoms with Crippen LogP contribution in [0.2, 0.25) is 0 Å². The van der Waals surface area contributed by atoms with Crippen LogP contribution in [-0.4, -0.2) is 68.2 Å². The highest BCUT2D eigenvalue weighted by Gasteiger charge is 2.26. The number of aryl methyl sites for hydroxylation is 1. The van der Waals surface area contributed by atoms with Crippen molar-refractivity contribution in [2.24, 2.45) is 0 Å². The van der Waals surface area contributed by atoms with E-state index in [2.05, 4.69) is 4.90 Å². The van der Waals surface area contributed by atoms with Gasteiger partial charge in [-0.2, -0.15) is 4.31 Å². The molecule has 6 nitrogen and oxygen atoms in total. The fourth-order valence-corrected chi connectivity index (χ4v) is 4.40. The number of aliphatic hydroxyl groups excluding tert-OH is 1. The van der Waals surface area contributed by atoms with Gasteiger partial charge in [0.05, 0.1) is 0 Å². The lowest BCUT2D eigenvalue weighted by Gasteiger charge is -2.34. The average Bonchev–Trinajstić information content (AvgIpc) is 2.72. The number of rotatable bonds is 8. The topological polar surface area (TPSA) is 70.1 Å². The standard InChI is InChI=1S/C22H28N2O4S/c1-19-6-5-9-22(16-19)28-18-21(25)17-23-11-13-24(14-12-23)29(26,27)15-10-20-7-3-2-4-8-20/h2-10,15-16,21,25H,11-14,17-18H2,1H3/b15-10-/t21-/m1/s1. The largest absolute Gasteiger partial charge is 0.491 e. The summed E-state index contributed by atoms with van der Waals surface area (Å²) in [6.45, 7) is 4.65. The van der Waals surface area contributed by atoms with Crippen LogP contribution in [0.4, 0.5) is 0 Å². The maximum atomic E-state index is 12.5. The number of benzene rings is 2. The highest BCUT2D eigenvalue weighted by Crippen LogP contribution is 2.14. The third-order valence-electron chi connectivity index (χ3n) is 4.82. The zero-order valence-electron chi connectivity index (χ0n) is 16.6. The smallest absolute Gasteiger partial charge is 0.236 e. The van der Waals surface area contributed by atoms with Crippen LogP contribution in [0.5, 0.6) is 5.75 Å². The fraction of sp³-hybridized carbons (Fsp3) is 0.364. The molecule has 1 N–H and O–H groups in total. The van der Waals surface area contributed by atoms with E-state index < -0.39 is 16.1 Å². The number of hydrogen-bond acceptors (Lipinski definition) is 5. The monoisotopic (exact) mass is 416 g/mol. The third-order valence-corrected chi connectivity index (χ3v) is 6.39. The van der Waals surface area contributed by atoms with Crippen molar-refractivity contribution in [2.45, 2.75) is 13.0 Å². The van der Waals surface area contributed by atoms with Gasteiger partial charge in [0.25, 0.3) is 0 Å². The van der Waals surface area contributed by atoms with Gasteiger partial charge < -0.3 is 9.84 Å². The van der Waals surface area contributed by atoms with Crippen LogP contribution in [-0.2, 0) is 10.0 Å². The Kier molecular flexibility index (Phi) is 7.44. The summed E-state index contributed by atoms with van der Waals surface area (Å²) in [6.07, 6.45) is 0.991. The number of piperazine rings is 1. The Balaban J connectivity index is 1.44. The number of hydrogen-bond donors (Lipinski definition) is 1. The summed E-state index contributed by atoms with van der Waals surface area (Å²) in [5.41, 5.74) is 1.96. The van der Waals surface area contributed by atoms with Gasteiger partial charge in [-0.1, -0.05) is 42.5 Å². The molecule has 1 saturated heterocycles. The first-order valence-corrected chi connectivity index (χ1v) is 11.3. The highest BCUT2D eigenvalue weighted by molar-refractivity contribution is 7.92. The second-order valence-electron chi connectivity index (χ2n) is 7.24. The van der Waals surface area contributed by atoms with E-state index in [-0.39, 0.29) is 6.61 Å². The van der Waals surface area contributed by atoms with Crippen molar-refractivity contribution in [3.05, 3.63) is 71.1 Å². The molecule has 7 heteroatoms.